The molecule has 0 aliphatic heterocycles. The summed E-state index contributed by atoms with van der Waals surface area (Å²) in [5.74, 6) is 1.57. The summed E-state index contributed by atoms with van der Waals surface area (Å²) in [6, 6.07) is 17.2. The van der Waals surface area contributed by atoms with Crippen LogP contribution in [0.25, 0.3) is 0 Å². The molecule has 19 heavy (non-hydrogen) atoms. The summed E-state index contributed by atoms with van der Waals surface area (Å²) in [7, 11) is 1.83. The summed E-state index contributed by atoms with van der Waals surface area (Å²) in [4.78, 5) is 0. The third kappa shape index (κ3) is 3.56. The average Bonchev–Trinajstić information content (AvgIpc) is 2.47. The molecule has 0 fully saturated rings. The lowest BCUT2D eigenvalue weighted by atomic mass is 10.0. The third-order valence-electron chi connectivity index (χ3n) is 3.13. The van der Waals surface area contributed by atoms with Crippen LogP contribution in [0.3, 0.4) is 0 Å². The van der Waals surface area contributed by atoms with Crippen LogP contribution in [-0.4, -0.2) is 18.2 Å². The fraction of sp³-hybridized carbons (Fsp3) is 0.250. The topological polar surface area (TPSA) is 41.5 Å². The predicted octanol–water partition coefficient (Wildman–Crippen LogP) is 3.12. The maximum atomic E-state index is 10.1. The predicted molar refractivity (Wildman–Crippen MR) is 76.4 cm³/mol. The molecule has 0 saturated heterocycles. The molecule has 2 aromatic rings. The molecule has 0 bridgehead atoms. The van der Waals surface area contributed by atoms with Crippen molar-refractivity contribution in [2.75, 3.05) is 7.05 Å². The van der Waals surface area contributed by atoms with Gasteiger partial charge in [0.1, 0.15) is 11.5 Å². The fourth-order valence-corrected chi connectivity index (χ4v) is 1.80. The number of aliphatic hydroxyl groups excluding tert-OH is 1. The number of benzene rings is 2. The first-order valence-corrected chi connectivity index (χ1v) is 6.39. The quantitative estimate of drug-likeness (QED) is 0.864. The Hall–Kier alpha value is -1.84. The van der Waals surface area contributed by atoms with Crippen LogP contribution in [-0.2, 0) is 0 Å². The number of aliphatic hydroxyl groups is 1. The van der Waals surface area contributed by atoms with E-state index in [0.29, 0.717) is 0 Å². The molecule has 3 nitrogen and oxygen atoms in total. The lowest BCUT2D eigenvalue weighted by Crippen LogP contribution is -2.28. The van der Waals surface area contributed by atoms with Gasteiger partial charge in [0.05, 0.1) is 6.10 Å². The number of rotatable bonds is 5. The lowest BCUT2D eigenvalue weighted by Gasteiger charge is -2.18. The highest BCUT2D eigenvalue weighted by molar-refractivity contribution is 5.33. The number of nitrogens with one attached hydrogen (secondary N) is 1. The summed E-state index contributed by atoms with van der Waals surface area (Å²) in [6.07, 6.45) is -0.518. The molecule has 0 aliphatic carbocycles. The third-order valence-corrected chi connectivity index (χ3v) is 3.13. The molecule has 100 valence electrons. The van der Waals surface area contributed by atoms with Crippen LogP contribution >= 0.6 is 0 Å². The molecule has 0 amide bonds. The van der Waals surface area contributed by atoms with E-state index < -0.39 is 6.10 Å². The van der Waals surface area contributed by atoms with Crippen LogP contribution in [0, 0.1) is 0 Å². The van der Waals surface area contributed by atoms with Gasteiger partial charge >= 0.3 is 0 Å². The normalized spacial score (nSPS) is 13.8. The summed E-state index contributed by atoms with van der Waals surface area (Å²) in [6.45, 7) is 1.94. The molecular weight excluding hydrogens is 238 g/mol. The molecule has 0 heterocycles. The molecule has 0 aliphatic rings. The molecule has 2 N–H and O–H groups in total. The second-order valence-electron chi connectivity index (χ2n) is 4.51. The smallest absolute Gasteiger partial charge is 0.127 e. The van der Waals surface area contributed by atoms with Gasteiger partial charge < -0.3 is 15.2 Å². The summed E-state index contributed by atoms with van der Waals surface area (Å²) < 4.78 is 5.70. The Kier molecular flexibility index (Phi) is 4.55. The fourth-order valence-electron chi connectivity index (χ4n) is 1.80. The van der Waals surface area contributed by atoms with Crippen LogP contribution in [0.15, 0.2) is 54.6 Å². The van der Waals surface area contributed by atoms with Gasteiger partial charge in [-0.25, -0.2) is 0 Å². The standard InChI is InChI=1S/C16H19NO2/c1-12(17-2)16(18)13-8-10-15(11-9-13)19-14-6-4-3-5-7-14/h3-12,16-18H,1-2H3. The van der Waals surface area contributed by atoms with Gasteiger partial charge in [-0.15, -0.1) is 0 Å². The molecule has 0 aromatic heterocycles. The highest BCUT2D eigenvalue weighted by atomic mass is 16.5. The molecular formula is C16H19NO2. The second-order valence-corrected chi connectivity index (χ2v) is 4.51. The monoisotopic (exact) mass is 257 g/mol. The van der Waals surface area contributed by atoms with Gasteiger partial charge in [-0.3, -0.25) is 0 Å². The van der Waals surface area contributed by atoms with Crippen molar-refractivity contribution < 1.29 is 9.84 Å². The summed E-state index contributed by atoms with van der Waals surface area (Å²) >= 11 is 0. The van der Waals surface area contributed by atoms with Gasteiger partial charge in [-0.1, -0.05) is 30.3 Å². The zero-order valence-electron chi connectivity index (χ0n) is 11.2. The van der Waals surface area contributed by atoms with Crippen molar-refractivity contribution in [3.63, 3.8) is 0 Å². The highest BCUT2D eigenvalue weighted by Crippen LogP contribution is 2.24. The minimum absolute atomic E-state index is 0.0147. The molecule has 2 atom stereocenters. The Morgan fingerprint density at radius 3 is 2.11 bits per heavy atom. The molecule has 2 aromatic carbocycles. The Morgan fingerprint density at radius 2 is 1.53 bits per heavy atom. The maximum absolute atomic E-state index is 10.1. The van der Waals surface area contributed by atoms with E-state index in [1.807, 2.05) is 68.6 Å². The minimum atomic E-state index is -0.518. The Bertz CT molecular complexity index is 496. The first kappa shape index (κ1) is 13.6. The van der Waals surface area contributed by atoms with Crippen LogP contribution in [0.4, 0.5) is 0 Å². The van der Waals surface area contributed by atoms with Crippen molar-refractivity contribution in [2.24, 2.45) is 0 Å². The van der Waals surface area contributed by atoms with Crippen LogP contribution in [0.5, 0.6) is 11.5 Å². The molecule has 2 rings (SSSR count). The van der Waals surface area contributed by atoms with Crippen molar-refractivity contribution in [1.29, 1.82) is 0 Å². The lowest BCUT2D eigenvalue weighted by molar-refractivity contribution is 0.140. The van der Waals surface area contributed by atoms with Crippen LogP contribution < -0.4 is 10.1 Å². The first-order chi connectivity index (χ1) is 9.20. The highest BCUT2D eigenvalue weighted by Gasteiger charge is 2.14. The zero-order chi connectivity index (χ0) is 13.7. The SMILES string of the molecule is CNC(C)C(O)c1ccc(Oc2ccccc2)cc1. The molecule has 0 radical (unpaired) electrons. The molecule has 2 unspecified atom stereocenters. The van der Waals surface area contributed by atoms with E-state index in [4.69, 9.17) is 4.74 Å². The second kappa shape index (κ2) is 6.36. The number of para-hydroxylation sites is 1. The molecule has 3 heteroatoms. The van der Waals surface area contributed by atoms with E-state index in [1.54, 1.807) is 0 Å². The summed E-state index contributed by atoms with van der Waals surface area (Å²) in [5.41, 5.74) is 0.877. The average molecular weight is 257 g/mol. The van der Waals surface area contributed by atoms with Gasteiger partial charge in [0, 0.05) is 6.04 Å². The van der Waals surface area contributed by atoms with E-state index in [-0.39, 0.29) is 6.04 Å². The van der Waals surface area contributed by atoms with Crippen molar-refractivity contribution in [1.82, 2.24) is 5.32 Å². The largest absolute Gasteiger partial charge is 0.457 e. The van der Waals surface area contributed by atoms with Gasteiger partial charge in [0.25, 0.3) is 0 Å². The van der Waals surface area contributed by atoms with E-state index in [1.165, 1.54) is 0 Å². The number of hydrogen-bond donors (Lipinski definition) is 2. The minimum Gasteiger partial charge on any atom is -0.457 e. The van der Waals surface area contributed by atoms with E-state index in [0.717, 1.165) is 17.1 Å². The molecule has 0 saturated carbocycles. The van der Waals surface area contributed by atoms with Crippen molar-refractivity contribution in [3.05, 3.63) is 60.2 Å². The number of ether oxygens (including phenoxy) is 1. The van der Waals surface area contributed by atoms with Gasteiger partial charge in [-0.05, 0) is 43.8 Å². The number of likely N-dealkylation sites (N-methyl/N-ethyl adjacent to an activating group) is 1. The Labute approximate surface area is 113 Å². The number of hydrogen-bond acceptors (Lipinski definition) is 3. The van der Waals surface area contributed by atoms with E-state index in [9.17, 15) is 5.11 Å². The Morgan fingerprint density at radius 1 is 0.947 bits per heavy atom. The first-order valence-electron chi connectivity index (χ1n) is 6.39. The van der Waals surface area contributed by atoms with Gasteiger partial charge in [-0.2, -0.15) is 0 Å². The maximum Gasteiger partial charge on any atom is 0.127 e. The van der Waals surface area contributed by atoms with Crippen LogP contribution in [0.2, 0.25) is 0 Å². The Balaban J connectivity index is 2.06. The molecule has 0 spiro atoms. The van der Waals surface area contributed by atoms with Crippen molar-refractivity contribution >= 4 is 0 Å². The van der Waals surface area contributed by atoms with Crippen molar-refractivity contribution in [3.8, 4) is 11.5 Å². The van der Waals surface area contributed by atoms with Gasteiger partial charge in [0.15, 0.2) is 0 Å². The van der Waals surface area contributed by atoms with Crippen LogP contribution in [0.1, 0.15) is 18.6 Å². The van der Waals surface area contributed by atoms with Gasteiger partial charge in [0.2, 0.25) is 0 Å². The van der Waals surface area contributed by atoms with E-state index >= 15 is 0 Å². The van der Waals surface area contributed by atoms with E-state index in [2.05, 4.69) is 5.32 Å². The summed E-state index contributed by atoms with van der Waals surface area (Å²) in [5, 5.41) is 13.1. The van der Waals surface area contributed by atoms with Crippen molar-refractivity contribution in [2.45, 2.75) is 19.1 Å². The zero-order valence-corrected chi connectivity index (χ0v) is 11.2.